The van der Waals surface area contributed by atoms with E-state index in [-0.39, 0.29) is 6.10 Å². The predicted octanol–water partition coefficient (Wildman–Crippen LogP) is 3.48. The Hall–Kier alpha value is -1.41. The maximum absolute atomic E-state index is 5.75. The Morgan fingerprint density at radius 2 is 2.00 bits per heavy atom. The molecule has 1 aromatic heterocycles. The lowest BCUT2D eigenvalue weighted by atomic mass is 10.0. The van der Waals surface area contributed by atoms with Crippen molar-refractivity contribution < 1.29 is 4.74 Å². The van der Waals surface area contributed by atoms with E-state index in [0.29, 0.717) is 0 Å². The summed E-state index contributed by atoms with van der Waals surface area (Å²) in [7, 11) is 0. The van der Waals surface area contributed by atoms with Gasteiger partial charge >= 0.3 is 0 Å². The fourth-order valence-corrected chi connectivity index (χ4v) is 2.24. The van der Waals surface area contributed by atoms with Gasteiger partial charge < -0.3 is 4.74 Å². The van der Waals surface area contributed by atoms with E-state index >= 15 is 0 Å². The second-order valence-corrected chi connectivity index (χ2v) is 4.28. The molecule has 1 atom stereocenters. The van der Waals surface area contributed by atoms with Gasteiger partial charge in [0.15, 0.2) is 0 Å². The van der Waals surface area contributed by atoms with Gasteiger partial charge in [0, 0.05) is 12.0 Å². The number of fused-ring (bicyclic) bond motifs is 1. The second-order valence-electron chi connectivity index (χ2n) is 4.28. The minimum Gasteiger partial charge on any atom is -0.372 e. The van der Waals surface area contributed by atoms with Crippen LogP contribution < -0.4 is 0 Å². The number of ether oxygens (including phenoxy) is 1. The van der Waals surface area contributed by atoms with E-state index in [1.807, 2.05) is 12.1 Å². The minimum atomic E-state index is 0.207. The number of rotatable bonds is 1. The number of hydrogen-bond acceptors (Lipinski definition) is 2. The molecule has 1 saturated heterocycles. The van der Waals surface area contributed by atoms with Gasteiger partial charge in [0.1, 0.15) is 0 Å². The van der Waals surface area contributed by atoms with Gasteiger partial charge in [-0.05, 0) is 31.4 Å². The van der Waals surface area contributed by atoms with Crippen LogP contribution in [0.25, 0.3) is 10.9 Å². The largest absolute Gasteiger partial charge is 0.372 e. The predicted molar refractivity (Wildman–Crippen MR) is 64.3 cm³/mol. The average Bonchev–Trinajstić information content (AvgIpc) is 2.39. The Bertz CT molecular complexity index is 489. The quantitative estimate of drug-likeness (QED) is 0.723. The molecule has 1 aliphatic heterocycles. The van der Waals surface area contributed by atoms with Crippen LogP contribution >= 0.6 is 0 Å². The van der Waals surface area contributed by atoms with Crippen LogP contribution in [-0.2, 0) is 4.74 Å². The van der Waals surface area contributed by atoms with Gasteiger partial charge in [-0.3, -0.25) is 4.98 Å². The van der Waals surface area contributed by atoms with Crippen LogP contribution in [0.2, 0.25) is 0 Å². The molecule has 0 amide bonds. The topological polar surface area (TPSA) is 22.1 Å². The van der Waals surface area contributed by atoms with E-state index in [1.54, 1.807) is 0 Å². The van der Waals surface area contributed by atoms with Crippen LogP contribution in [0, 0.1) is 0 Å². The molecule has 0 N–H and O–H groups in total. The van der Waals surface area contributed by atoms with E-state index in [2.05, 4.69) is 29.2 Å². The molecule has 1 fully saturated rings. The molecular weight excluding hydrogens is 198 g/mol. The van der Waals surface area contributed by atoms with Gasteiger partial charge in [0.25, 0.3) is 0 Å². The third-order valence-corrected chi connectivity index (χ3v) is 3.13. The molecule has 1 unspecified atom stereocenters. The molecule has 2 aromatic rings. The lowest BCUT2D eigenvalue weighted by molar-refractivity contribution is 0.0125. The minimum absolute atomic E-state index is 0.207. The molecule has 1 aliphatic rings. The van der Waals surface area contributed by atoms with E-state index in [0.717, 1.165) is 24.2 Å². The van der Waals surface area contributed by atoms with Crippen LogP contribution in [-0.4, -0.2) is 11.6 Å². The van der Waals surface area contributed by atoms with Crippen molar-refractivity contribution in [2.45, 2.75) is 25.4 Å². The van der Waals surface area contributed by atoms with Crippen molar-refractivity contribution in [2.24, 2.45) is 0 Å². The number of para-hydroxylation sites is 1. The third-order valence-electron chi connectivity index (χ3n) is 3.13. The van der Waals surface area contributed by atoms with Gasteiger partial charge in [-0.2, -0.15) is 0 Å². The fourth-order valence-electron chi connectivity index (χ4n) is 2.24. The van der Waals surface area contributed by atoms with Crippen molar-refractivity contribution >= 4 is 10.9 Å². The van der Waals surface area contributed by atoms with Crippen molar-refractivity contribution in [3.8, 4) is 0 Å². The highest BCUT2D eigenvalue weighted by atomic mass is 16.5. The van der Waals surface area contributed by atoms with Crippen LogP contribution in [0.3, 0.4) is 0 Å². The first-order valence-corrected chi connectivity index (χ1v) is 5.91. The Morgan fingerprint density at radius 3 is 2.88 bits per heavy atom. The first-order valence-electron chi connectivity index (χ1n) is 5.91. The van der Waals surface area contributed by atoms with Crippen molar-refractivity contribution in [2.75, 3.05) is 6.61 Å². The van der Waals surface area contributed by atoms with Crippen LogP contribution in [0.15, 0.2) is 36.4 Å². The summed E-state index contributed by atoms with van der Waals surface area (Å²) in [5.74, 6) is 0. The summed E-state index contributed by atoms with van der Waals surface area (Å²) in [6.07, 6.45) is 3.74. The van der Waals surface area contributed by atoms with E-state index < -0.39 is 0 Å². The van der Waals surface area contributed by atoms with Gasteiger partial charge in [-0.15, -0.1) is 0 Å². The summed E-state index contributed by atoms with van der Waals surface area (Å²) in [6.45, 7) is 0.874. The molecule has 2 heteroatoms. The molecule has 2 nitrogen and oxygen atoms in total. The third kappa shape index (κ3) is 1.81. The average molecular weight is 213 g/mol. The summed E-state index contributed by atoms with van der Waals surface area (Å²) < 4.78 is 5.75. The molecule has 0 bridgehead atoms. The van der Waals surface area contributed by atoms with Crippen LogP contribution in [0.4, 0.5) is 0 Å². The number of aromatic nitrogens is 1. The molecule has 16 heavy (non-hydrogen) atoms. The van der Waals surface area contributed by atoms with Gasteiger partial charge in [-0.25, -0.2) is 0 Å². The maximum atomic E-state index is 5.75. The molecule has 82 valence electrons. The Kier molecular flexibility index (Phi) is 2.58. The Labute approximate surface area is 95.3 Å². The summed E-state index contributed by atoms with van der Waals surface area (Å²) in [5.41, 5.74) is 2.15. The first-order chi connectivity index (χ1) is 7.93. The summed E-state index contributed by atoms with van der Waals surface area (Å²) in [6, 6.07) is 12.4. The second kappa shape index (κ2) is 4.22. The van der Waals surface area contributed by atoms with E-state index in [1.165, 1.54) is 18.2 Å². The zero-order valence-electron chi connectivity index (χ0n) is 9.23. The van der Waals surface area contributed by atoms with Crippen molar-refractivity contribution in [3.63, 3.8) is 0 Å². The summed E-state index contributed by atoms with van der Waals surface area (Å²) >= 11 is 0. The highest BCUT2D eigenvalue weighted by molar-refractivity contribution is 5.78. The SMILES string of the molecule is c1ccc2nc(C3CCCCO3)ccc2c1. The maximum Gasteiger partial charge on any atom is 0.0994 e. The zero-order chi connectivity index (χ0) is 10.8. The standard InChI is InChI=1S/C14H15NO/c1-2-6-12-11(5-1)8-9-13(15-12)14-7-3-4-10-16-14/h1-2,5-6,8-9,14H,3-4,7,10H2. The molecule has 0 saturated carbocycles. The summed E-state index contributed by atoms with van der Waals surface area (Å²) in [5, 5.41) is 1.20. The molecule has 0 radical (unpaired) electrons. The van der Waals surface area contributed by atoms with Crippen molar-refractivity contribution in [3.05, 3.63) is 42.1 Å². The van der Waals surface area contributed by atoms with Crippen LogP contribution in [0.1, 0.15) is 31.1 Å². The summed E-state index contributed by atoms with van der Waals surface area (Å²) in [4.78, 5) is 4.67. The molecule has 3 rings (SSSR count). The molecule has 0 aliphatic carbocycles. The van der Waals surface area contributed by atoms with Crippen LogP contribution in [0.5, 0.6) is 0 Å². The highest BCUT2D eigenvalue weighted by Gasteiger charge is 2.17. The Morgan fingerprint density at radius 1 is 1.06 bits per heavy atom. The monoisotopic (exact) mass is 213 g/mol. The number of hydrogen-bond donors (Lipinski definition) is 0. The number of nitrogens with zero attached hydrogens (tertiary/aromatic N) is 1. The highest BCUT2D eigenvalue weighted by Crippen LogP contribution is 2.27. The number of benzene rings is 1. The zero-order valence-corrected chi connectivity index (χ0v) is 9.23. The lowest BCUT2D eigenvalue weighted by Gasteiger charge is -2.22. The molecular formula is C14H15NO. The number of pyridine rings is 1. The van der Waals surface area contributed by atoms with Gasteiger partial charge in [0.05, 0.1) is 17.3 Å². The van der Waals surface area contributed by atoms with E-state index in [4.69, 9.17) is 4.74 Å². The van der Waals surface area contributed by atoms with Gasteiger partial charge in [-0.1, -0.05) is 24.3 Å². The van der Waals surface area contributed by atoms with Crippen molar-refractivity contribution in [1.29, 1.82) is 0 Å². The Balaban J connectivity index is 1.97. The van der Waals surface area contributed by atoms with E-state index in [9.17, 15) is 0 Å². The first kappa shape index (κ1) is 9.79. The smallest absolute Gasteiger partial charge is 0.0994 e. The fraction of sp³-hybridized carbons (Fsp3) is 0.357. The molecule has 0 spiro atoms. The normalized spacial score (nSPS) is 21.1. The van der Waals surface area contributed by atoms with Gasteiger partial charge in [0.2, 0.25) is 0 Å². The lowest BCUT2D eigenvalue weighted by Crippen LogP contribution is -2.12. The molecule has 2 heterocycles. The molecule has 1 aromatic carbocycles. The van der Waals surface area contributed by atoms with Crippen molar-refractivity contribution in [1.82, 2.24) is 4.98 Å².